The number of nitrogens with zero attached hydrogens (tertiary/aromatic N) is 1. The van der Waals surface area contributed by atoms with Crippen LogP contribution in [-0.2, 0) is 11.3 Å². The molecule has 0 aliphatic heterocycles. The summed E-state index contributed by atoms with van der Waals surface area (Å²) in [5.74, 6) is -0.380. The molecule has 6 nitrogen and oxygen atoms in total. The lowest BCUT2D eigenvalue weighted by Gasteiger charge is -2.22. The molecule has 1 heterocycles. The largest absolute Gasteiger partial charge is 0.419 e. The number of hydrogen-bond donors (Lipinski definition) is 2. The minimum absolute atomic E-state index is 0.00182. The maximum absolute atomic E-state index is 12.2. The standard InChI is InChI=1S/C21H25N3O3/c1-23(2)18(16-9-4-3-5-10-16)15-22-20(25)13-8-14-24-17-11-6-7-12-19(17)27-21(24)26/h3-7,9-12,18H,8,13-15H2,1-2H3,(H,22,25)/p+1/t18-/m0/s1. The molecule has 2 N–H and O–H groups in total. The van der Waals surface area contributed by atoms with Crippen molar-refractivity contribution in [3.8, 4) is 0 Å². The molecule has 0 fully saturated rings. The first-order valence-corrected chi connectivity index (χ1v) is 9.26. The molecule has 0 radical (unpaired) electrons. The highest BCUT2D eigenvalue weighted by Crippen LogP contribution is 2.12. The fraction of sp³-hybridized carbons (Fsp3) is 0.333. The van der Waals surface area contributed by atoms with E-state index in [9.17, 15) is 9.59 Å². The van der Waals surface area contributed by atoms with Crippen molar-refractivity contribution in [1.82, 2.24) is 9.88 Å². The molecule has 1 amide bonds. The van der Waals surface area contributed by atoms with Crippen LogP contribution in [0, 0.1) is 0 Å². The van der Waals surface area contributed by atoms with Crippen LogP contribution in [0.25, 0.3) is 11.1 Å². The molecule has 0 unspecified atom stereocenters. The van der Waals surface area contributed by atoms with Crippen molar-refractivity contribution in [2.75, 3.05) is 20.6 Å². The van der Waals surface area contributed by atoms with Gasteiger partial charge in [-0.05, 0) is 18.6 Å². The Kier molecular flexibility index (Phi) is 6.08. The van der Waals surface area contributed by atoms with Gasteiger partial charge in [-0.15, -0.1) is 0 Å². The Morgan fingerprint density at radius 1 is 1.11 bits per heavy atom. The summed E-state index contributed by atoms with van der Waals surface area (Å²) in [6, 6.07) is 17.7. The number of aryl methyl sites for hydroxylation is 1. The Morgan fingerprint density at radius 2 is 1.81 bits per heavy atom. The topological polar surface area (TPSA) is 68.7 Å². The number of hydrogen-bond acceptors (Lipinski definition) is 3. The van der Waals surface area contributed by atoms with E-state index in [1.807, 2.05) is 36.4 Å². The van der Waals surface area contributed by atoms with Gasteiger partial charge in [0.15, 0.2) is 5.58 Å². The molecule has 0 saturated carbocycles. The first-order chi connectivity index (χ1) is 13.1. The number of carbonyl (C=O) groups excluding carboxylic acids is 1. The van der Waals surface area contributed by atoms with E-state index in [1.165, 1.54) is 10.5 Å². The SMILES string of the molecule is C[NH+](C)[C@@H](CNC(=O)CCCn1c(=O)oc2ccccc21)c1ccccc1. The molecule has 3 aromatic rings. The summed E-state index contributed by atoms with van der Waals surface area (Å²) in [4.78, 5) is 25.5. The van der Waals surface area contributed by atoms with Gasteiger partial charge < -0.3 is 14.6 Å². The number of oxazole rings is 1. The first-order valence-electron chi connectivity index (χ1n) is 9.26. The Bertz CT molecular complexity index is 944. The number of aromatic nitrogens is 1. The van der Waals surface area contributed by atoms with Crippen molar-refractivity contribution in [2.45, 2.75) is 25.4 Å². The highest BCUT2D eigenvalue weighted by molar-refractivity contribution is 5.76. The summed E-state index contributed by atoms with van der Waals surface area (Å²) in [6.07, 6.45) is 0.955. The summed E-state index contributed by atoms with van der Waals surface area (Å²) in [5.41, 5.74) is 2.55. The second kappa shape index (κ2) is 8.68. The molecule has 0 saturated heterocycles. The van der Waals surface area contributed by atoms with Crippen LogP contribution in [0.2, 0.25) is 0 Å². The molecule has 6 heteroatoms. The summed E-state index contributed by atoms with van der Waals surface area (Å²) in [7, 11) is 4.17. The van der Waals surface area contributed by atoms with Crippen LogP contribution >= 0.6 is 0 Å². The lowest BCUT2D eigenvalue weighted by molar-refractivity contribution is -0.890. The fourth-order valence-electron chi connectivity index (χ4n) is 3.27. The van der Waals surface area contributed by atoms with Crippen molar-refractivity contribution < 1.29 is 14.1 Å². The molecule has 3 rings (SSSR count). The van der Waals surface area contributed by atoms with E-state index < -0.39 is 0 Å². The molecule has 1 atom stereocenters. The van der Waals surface area contributed by atoms with Crippen LogP contribution in [0.1, 0.15) is 24.4 Å². The lowest BCUT2D eigenvalue weighted by atomic mass is 10.1. The average molecular weight is 368 g/mol. The van der Waals surface area contributed by atoms with E-state index in [2.05, 4.69) is 31.5 Å². The van der Waals surface area contributed by atoms with Crippen molar-refractivity contribution in [3.63, 3.8) is 0 Å². The number of nitrogens with one attached hydrogen (secondary N) is 2. The molecule has 0 aliphatic carbocycles. The zero-order valence-electron chi connectivity index (χ0n) is 15.8. The zero-order chi connectivity index (χ0) is 19.2. The number of carbonyl (C=O) groups is 1. The molecule has 1 aromatic heterocycles. The van der Waals surface area contributed by atoms with Crippen LogP contribution < -0.4 is 16.0 Å². The number of quaternary nitrogens is 1. The van der Waals surface area contributed by atoms with Crippen molar-refractivity contribution in [1.29, 1.82) is 0 Å². The van der Waals surface area contributed by atoms with E-state index in [1.54, 1.807) is 10.6 Å². The van der Waals surface area contributed by atoms with E-state index in [-0.39, 0.29) is 17.7 Å². The molecule has 27 heavy (non-hydrogen) atoms. The van der Waals surface area contributed by atoms with E-state index in [0.29, 0.717) is 31.5 Å². The molecular weight excluding hydrogens is 342 g/mol. The van der Waals surface area contributed by atoms with Crippen LogP contribution in [0.5, 0.6) is 0 Å². The van der Waals surface area contributed by atoms with Gasteiger partial charge in [0.2, 0.25) is 5.91 Å². The second-order valence-corrected chi connectivity index (χ2v) is 6.94. The Hall–Kier alpha value is -2.86. The smallest absolute Gasteiger partial charge is 0.408 e. The monoisotopic (exact) mass is 368 g/mol. The van der Waals surface area contributed by atoms with Gasteiger partial charge in [0.05, 0.1) is 26.2 Å². The summed E-state index contributed by atoms with van der Waals surface area (Å²) < 4.78 is 6.80. The predicted octanol–water partition coefficient (Wildman–Crippen LogP) is 1.38. The number of rotatable bonds is 8. The van der Waals surface area contributed by atoms with Gasteiger partial charge in [-0.2, -0.15) is 0 Å². The van der Waals surface area contributed by atoms with Gasteiger partial charge in [0.1, 0.15) is 6.04 Å². The third-order valence-electron chi connectivity index (χ3n) is 4.76. The number of likely N-dealkylation sites (N-methyl/N-ethyl adjacent to an activating group) is 1. The molecule has 0 bridgehead atoms. The van der Waals surface area contributed by atoms with Gasteiger partial charge in [-0.3, -0.25) is 9.36 Å². The molecule has 2 aromatic carbocycles. The average Bonchev–Trinajstić information content (AvgIpc) is 2.98. The molecule has 0 aliphatic rings. The van der Waals surface area contributed by atoms with Gasteiger partial charge in [-0.25, -0.2) is 4.79 Å². The number of para-hydroxylation sites is 2. The maximum Gasteiger partial charge on any atom is 0.419 e. The Morgan fingerprint density at radius 3 is 2.56 bits per heavy atom. The van der Waals surface area contributed by atoms with Crippen LogP contribution in [0.15, 0.2) is 63.8 Å². The third kappa shape index (κ3) is 4.65. The third-order valence-corrected chi connectivity index (χ3v) is 4.76. The lowest BCUT2D eigenvalue weighted by Crippen LogP contribution is -3.07. The van der Waals surface area contributed by atoms with Gasteiger partial charge in [0, 0.05) is 18.5 Å². The first kappa shape index (κ1) is 18.9. The highest BCUT2D eigenvalue weighted by atomic mass is 16.4. The maximum atomic E-state index is 12.2. The fourth-order valence-corrected chi connectivity index (χ4v) is 3.27. The second-order valence-electron chi connectivity index (χ2n) is 6.94. The van der Waals surface area contributed by atoms with Crippen LogP contribution in [0.3, 0.4) is 0 Å². The van der Waals surface area contributed by atoms with Crippen molar-refractivity contribution >= 4 is 17.0 Å². The van der Waals surface area contributed by atoms with Gasteiger partial charge in [-0.1, -0.05) is 42.5 Å². The van der Waals surface area contributed by atoms with Crippen LogP contribution in [0.4, 0.5) is 0 Å². The van der Waals surface area contributed by atoms with Crippen molar-refractivity contribution in [2.24, 2.45) is 0 Å². The Labute approximate surface area is 158 Å². The minimum atomic E-state index is -0.378. The normalized spacial score (nSPS) is 12.4. The molecular formula is C21H26N3O3+. The minimum Gasteiger partial charge on any atom is -0.408 e. The Balaban J connectivity index is 1.52. The van der Waals surface area contributed by atoms with Crippen molar-refractivity contribution in [3.05, 3.63) is 70.7 Å². The van der Waals surface area contributed by atoms with Crippen LogP contribution in [-0.4, -0.2) is 31.1 Å². The summed E-state index contributed by atoms with van der Waals surface area (Å²) >= 11 is 0. The number of fused-ring (bicyclic) bond motifs is 1. The predicted molar refractivity (Wildman–Crippen MR) is 105 cm³/mol. The summed E-state index contributed by atoms with van der Waals surface area (Å²) in [5, 5.41) is 3.02. The molecule has 0 spiro atoms. The zero-order valence-corrected chi connectivity index (χ0v) is 15.8. The van der Waals surface area contributed by atoms with E-state index in [0.717, 1.165) is 5.52 Å². The number of amides is 1. The number of benzene rings is 2. The van der Waals surface area contributed by atoms with Gasteiger partial charge in [0.25, 0.3) is 0 Å². The summed E-state index contributed by atoms with van der Waals surface area (Å²) in [6.45, 7) is 1.05. The van der Waals surface area contributed by atoms with E-state index in [4.69, 9.17) is 4.42 Å². The van der Waals surface area contributed by atoms with E-state index >= 15 is 0 Å². The highest BCUT2D eigenvalue weighted by Gasteiger charge is 2.18. The quantitative estimate of drug-likeness (QED) is 0.631. The van der Waals surface area contributed by atoms with Gasteiger partial charge >= 0.3 is 5.76 Å². The molecule has 142 valence electrons.